The van der Waals surface area contributed by atoms with E-state index in [1.165, 1.54) is 4.90 Å². The van der Waals surface area contributed by atoms with Crippen LogP contribution < -0.4 is 10.6 Å². The maximum Gasteiger partial charge on any atom is 0.317 e. The summed E-state index contributed by atoms with van der Waals surface area (Å²) in [6.45, 7) is 6.71. The van der Waals surface area contributed by atoms with Gasteiger partial charge in [-0.1, -0.05) is 0 Å². The Kier molecular flexibility index (Phi) is 5.99. The Bertz CT molecular complexity index is 404. The molecule has 1 rings (SSSR count). The van der Waals surface area contributed by atoms with Gasteiger partial charge in [0, 0.05) is 31.6 Å². The Morgan fingerprint density at radius 3 is 2.52 bits per heavy atom. The number of carboxylic acids is 1. The van der Waals surface area contributed by atoms with E-state index in [2.05, 4.69) is 10.6 Å². The third-order valence-corrected chi connectivity index (χ3v) is 3.20. The van der Waals surface area contributed by atoms with E-state index >= 15 is 0 Å². The smallest absolute Gasteiger partial charge is 0.317 e. The van der Waals surface area contributed by atoms with E-state index < -0.39 is 11.9 Å². The zero-order valence-corrected chi connectivity index (χ0v) is 12.9. The van der Waals surface area contributed by atoms with Crippen molar-refractivity contribution in [1.29, 1.82) is 0 Å². The number of piperidine rings is 1. The molecule has 0 unspecified atom stereocenters. The van der Waals surface area contributed by atoms with Crippen LogP contribution in [0.3, 0.4) is 0 Å². The lowest BCUT2D eigenvalue weighted by Gasteiger charge is -2.30. The van der Waals surface area contributed by atoms with E-state index in [0.29, 0.717) is 19.4 Å². The molecule has 0 aromatic carbocycles. The first-order chi connectivity index (χ1) is 9.69. The summed E-state index contributed by atoms with van der Waals surface area (Å²) in [5.41, 5.74) is -0.289. The van der Waals surface area contributed by atoms with Crippen LogP contribution >= 0.6 is 0 Å². The van der Waals surface area contributed by atoms with E-state index in [1.54, 1.807) is 0 Å². The summed E-state index contributed by atoms with van der Waals surface area (Å²) in [4.78, 5) is 36.0. The van der Waals surface area contributed by atoms with Crippen molar-refractivity contribution in [2.75, 3.05) is 19.6 Å². The minimum Gasteiger partial charge on any atom is -0.481 e. The van der Waals surface area contributed by atoms with Crippen LogP contribution in [0.15, 0.2) is 0 Å². The number of hydrogen-bond acceptors (Lipinski definition) is 3. The fourth-order valence-electron chi connectivity index (χ4n) is 2.24. The lowest BCUT2D eigenvalue weighted by molar-refractivity contribution is -0.143. The van der Waals surface area contributed by atoms with Gasteiger partial charge in [0.2, 0.25) is 5.91 Å². The van der Waals surface area contributed by atoms with Gasteiger partial charge in [-0.3, -0.25) is 9.59 Å². The molecule has 1 saturated heterocycles. The van der Waals surface area contributed by atoms with Gasteiger partial charge in [0.25, 0.3) is 0 Å². The molecule has 3 amide bonds. The summed E-state index contributed by atoms with van der Waals surface area (Å²) >= 11 is 0. The molecule has 0 saturated carbocycles. The van der Waals surface area contributed by atoms with Crippen LogP contribution in [-0.4, -0.2) is 53.1 Å². The molecular formula is C14H25N3O4. The van der Waals surface area contributed by atoms with Crippen molar-refractivity contribution in [3.05, 3.63) is 0 Å². The van der Waals surface area contributed by atoms with Crippen LogP contribution in [0.4, 0.5) is 4.79 Å². The number of nitrogens with one attached hydrogen (secondary N) is 2. The van der Waals surface area contributed by atoms with Crippen LogP contribution in [0.5, 0.6) is 0 Å². The maximum atomic E-state index is 11.9. The van der Waals surface area contributed by atoms with E-state index in [9.17, 15) is 14.4 Å². The van der Waals surface area contributed by atoms with E-state index in [4.69, 9.17) is 5.11 Å². The summed E-state index contributed by atoms with van der Waals surface area (Å²) in [5.74, 6) is -1.48. The first-order valence-electron chi connectivity index (χ1n) is 7.25. The van der Waals surface area contributed by atoms with Gasteiger partial charge in [0.1, 0.15) is 0 Å². The molecule has 120 valence electrons. The van der Waals surface area contributed by atoms with Crippen molar-refractivity contribution in [1.82, 2.24) is 15.5 Å². The number of carboxylic acid groups (broad SMARTS) is 1. The van der Waals surface area contributed by atoms with Gasteiger partial charge in [0.05, 0.1) is 5.92 Å². The minimum absolute atomic E-state index is 0.121. The molecule has 1 aliphatic heterocycles. The second-order valence-electron chi connectivity index (χ2n) is 6.40. The quantitative estimate of drug-likeness (QED) is 0.715. The molecule has 1 atom stereocenters. The number of amides is 3. The number of nitrogens with zero attached hydrogens (tertiary/aromatic N) is 1. The molecule has 21 heavy (non-hydrogen) atoms. The Labute approximate surface area is 125 Å². The lowest BCUT2D eigenvalue weighted by atomic mass is 9.99. The molecule has 1 aliphatic rings. The number of carbonyl (C=O) groups excluding carboxylic acids is 2. The van der Waals surface area contributed by atoms with Crippen molar-refractivity contribution >= 4 is 17.9 Å². The molecular weight excluding hydrogens is 274 g/mol. The van der Waals surface area contributed by atoms with Gasteiger partial charge < -0.3 is 20.6 Å². The largest absolute Gasteiger partial charge is 0.481 e. The average molecular weight is 299 g/mol. The first kappa shape index (κ1) is 17.3. The number of carbonyl (C=O) groups is 3. The van der Waals surface area contributed by atoms with Crippen molar-refractivity contribution in [3.63, 3.8) is 0 Å². The van der Waals surface area contributed by atoms with Crippen LogP contribution in [0.1, 0.15) is 40.0 Å². The molecule has 0 aromatic heterocycles. The average Bonchev–Trinajstić information content (AvgIpc) is 2.36. The van der Waals surface area contributed by atoms with Crippen molar-refractivity contribution < 1.29 is 19.5 Å². The minimum atomic E-state index is -0.864. The highest BCUT2D eigenvalue weighted by molar-refractivity contribution is 5.79. The third-order valence-electron chi connectivity index (χ3n) is 3.20. The molecule has 0 aliphatic carbocycles. The van der Waals surface area contributed by atoms with Crippen LogP contribution in [0.25, 0.3) is 0 Å². The second-order valence-corrected chi connectivity index (χ2v) is 6.40. The highest BCUT2D eigenvalue weighted by Crippen LogP contribution is 2.16. The Hall–Kier alpha value is -1.79. The standard InChI is InChI=1S/C14H25N3O4/c1-14(2,3)16-11(18)6-7-15-13(21)17-8-4-5-10(9-17)12(19)20/h10H,4-9H2,1-3H3,(H,15,21)(H,16,18)(H,19,20)/t10-/m0/s1. The molecule has 0 aromatic rings. The summed E-state index contributed by atoms with van der Waals surface area (Å²) in [6, 6.07) is -0.301. The molecule has 7 heteroatoms. The number of urea groups is 1. The van der Waals surface area contributed by atoms with Crippen LogP contribution in [-0.2, 0) is 9.59 Å². The van der Waals surface area contributed by atoms with E-state index in [1.807, 2.05) is 20.8 Å². The number of aliphatic carboxylic acids is 1. The maximum absolute atomic E-state index is 11.9. The summed E-state index contributed by atoms with van der Waals surface area (Å²) in [7, 11) is 0. The molecule has 1 fully saturated rings. The normalized spacial score (nSPS) is 19.0. The molecule has 7 nitrogen and oxygen atoms in total. The Balaban J connectivity index is 2.30. The monoisotopic (exact) mass is 299 g/mol. The summed E-state index contributed by atoms with van der Waals surface area (Å²) < 4.78 is 0. The van der Waals surface area contributed by atoms with Gasteiger partial charge in [-0.15, -0.1) is 0 Å². The van der Waals surface area contributed by atoms with Crippen LogP contribution in [0.2, 0.25) is 0 Å². The zero-order valence-electron chi connectivity index (χ0n) is 12.9. The van der Waals surface area contributed by atoms with Crippen molar-refractivity contribution in [2.45, 2.75) is 45.6 Å². The number of rotatable bonds is 4. The third kappa shape index (κ3) is 6.46. The SMILES string of the molecule is CC(C)(C)NC(=O)CCNC(=O)N1CCC[C@H](C(=O)O)C1. The highest BCUT2D eigenvalue weighted by Gasteiger charge is 2.28. The van der Waals surface area contributed by atoms with Crippen LogP contribution in [0, 0.1) is 5.92 Å². The summed E-state index contributed by atoms with van der Waals surface area (Å²) in [6.07, 6.45) is 1.50. The molecule has 0 spiro atoms. The van der Waals surface area contributed by atoms with Gasteiger partial charge in [-0.2, -0.15) is 0 Å². The van der Waals surface area contributed by atoms with Gasteiger partial charge in [-0.25, -0.2) is 4.79 Å². The molecule has 1 heterocycles. The van der Waals surface area contributed by atoms with Gasteiger partial charge in [0.15, 0.2) is 0 Å². The first-order valence-corrected chi connectivity index (χ1v) is 7.25. The molecule has 3 N–H and O–H groups in total. The van der Waals surface area contributed by atoms with E-state index in [0.717, 1.165) is 0 Å². The summed E-state index contributed by atoms with van der Waals surface area (Å²) in [5, 5.41) is 14.5. The fourth-order valence-corrected chi connectivity index (χ4v) is 2.24. The lowest BCUT2D eigenvalue weighted by Crippen LogP contribution is -2.48. The number of hydrogen-bond donors (Lipinski definition) is 3. The molecule has 0 bridgehead atoms. The van der Waals surface area contributed by atoms with E-state index in [-0.39, 0.29) is 37.0 Å². The fraction of sp³-hybridized carbons (Fsp3) is 0.786. The van der Waals surface area contributed by atoms with Gasteiger partial charge >= 0.3 is 12.0 Å². The predicted octanol–water partition coefficient (Wildman–Crippen LogP) is 0.797. The predicted molar refractivity (Wildman–Crippen MR) is 77.8 cm³/mol. The Morgan fingerprint density at radius 2 is 1.95 bits per heavy atom. The van der Waals surface area contributed by atoms with Crippen molar-refractivity contribution in [3.8, 4) is 0 Å². The zero-order chi connectivity index (χ0) is 16.0. The Morgan fingerprint density at radius 1 is 1.29 bits per heavy atom. The topological polar surface area (TPSA) is 98.7 Å². The number of likely N-dealkylation sites (tertiary alicyclic amines) is 1. The second kappa shape index (κ2) is 7.28. The molecule has 0 radical (unpaired) electrons. The van der Waals surface area contributed by atoms with Gasteiger partial charge in [-0.05, 0) is 33.6 Å². The van der Waals surface area contributed by atoms with Crippen molar-refractivity contribution in [2.24, 2.45) is 5.92 Å². The highest BCUT2D eigenvalue weighted by atomic mass is 16.4.